The summed E-state index contributed by atoms with van der Waals surface area (Å²) in [6, 6.07) is 3.55. The molecule has 0 saturated heterocycles. The normalized spacial score (nSPS) is 11.7. The van der Waals surface area contributed by atoms with E-state index in [0.29, 0.717) is 6.20 Å². The van der Waals surface area contributed by atoms with Crippen molar-refractivity contribution in [3.05, 3.63) is 35.7 Å². The zero-order chi connectivity index (χ0) is 12.6. The Morgan fingerprint density at radius 2 is 1.94 bits per heavy atom. The lowest BCUT2D eigenvalue weighted by Gasteiger charge is -2.06. The minimum absolute atomic E-state index is 0.00447. The summed E-state index contributed by atoms with van der Waals surface area (Å²) in [6.45, 7) is 0. The number of carbonyl (C=O) groups is 1. The number of aromatic nitrogens is 2. The van der Waals surface area contributed by atoms with Crippen molar-refractivity contribution in [2.45, 2.75) is 6.18 Å². The van der Waals surface area contributed by atoms with Crippen LogP contribution in [0, 0.1) is 0 Å². The van der Waals surface area contributed by atoms with Crippen LogP contribution in [-0.2, 0) is 6.18 Å². The zero-order valence-electron chi connectivity index (χ0n) is 8.19. The Hall–Kier alpha value is -2.18. The van der Waals surface area contributed by atoms with Crippen molar-refractivity contribution in [1.82, 2.24) is 9.97 Å². The topological polar surface area (TPSA) is 63.1 Å². The third-order valence-corrected chi connectivity index (χ3v) is 2.08. The highest BCUT2D eigenvalue weighted by Gasteiger charge is 2.33. The van der Waals surface area contributed by atoms with Gasteiger partial charge in [0, 0.05) is 0 Å². The average Bonchev–Trinajstić information content (AvgIpc) is 2.26. The molecular formula is C10H5F3N2O2. The van der Waals surface area contributed by atoms with Crippen molar-refractivity contribution >= 4 is 17.0 Å². The molecule has 1 heterocycles. The molecule has 0 bridgehead atoms. The van der Waals surface area contributed by atoms with Crippen LogP contribution in [0.25, 0.3) is 11.0 Å². The van der Waals surface area contributed by atoms with E-state index in [1.54, 1.807) is 0 Å². The number of hydrogen-bond donors (Lipinski definition) is 1. The van der Waals surface area contributed by atoms with Crippen LogP contribution >= 0.6 is 0 Å². The summed E-state index contributed by atoms with van der Waals surface area (Å²) in [5.74, 6) is -1.17. The van der Waals surface area contributed by atoms with Crippen molar-refractivity contribution in [1.29, 1.82) is 0 Å². The highest BCUT2D eigenvalue weighted by Crippen LogP contribution is 2.28. The Bertz CT molecular complexity index is 596. The molecular weight excluding hydrogens is 237 g/mol. The summed E-state index contributed by atoms with van der Waals surface area (Å²) in [5.41, 5.74) is -1.04. The second-order valence-electron chi connectivity index (χ2n) is 3.26. The van der Waals surface area contributed by atoms with E-state index in [0.717, 1.165) is 0 Å². The molecule has 0 aliphatic heterocycles. The van der Waals surface area contributed by atoms with Gasteiger partial charge < -0.3 is 5.11 Å². The van der Waals surface area contributed by atoms with E-state index < -0.39 is 17.8 Å². The van der Waals surface area contributed by atoms with Crippen LogP contribution in [-0.4, -0.2) is 21.0 Å². The van der Waals surface area contributed by atoms with E-state index in [1.807, 2.05) is 0 Å². The first-order chi connectivity index (χ1) is 7.88. The van der Waals surface area contributed by atoms with Crippen LogP contribution in [0.1, 0.15) is 16.1 Å². The largest absolute Gasteiger partial charge is 0.478 e. The van der Waals surface area contributed by atoms with Gasteiger partial charge in [-0.25, -0.2) is 9.78 Å². The van der Waals surface area contributed by atoms with Gasteiger partial charge >= 0.3 is 12.1 Å². The van der Waals surface area contributed by atoms with Gasteiger partial charge in [-0.05, 0) is 18.2 Å². The monoisotopic (exact) mass is 242 g/mol. The number of carboxylic acid groups (broad SMARTS) is 1. The van der Waals surface area contributed by atoms with Crippen molar-refractivity contribution in [2.24, 2.45) is 0 Å². The molecule has 0 saturated carbocycles. The van der Waals surface area contributed by atoms with E-state index in [2.05, 4.69) is 9.97 Å². The van der Waals surface area contributed by atoms with Gasteiger partial charge in [-0.3, -0.25) is 4.98 Å². The van der Waals surface area contributed by atoms with Gasteiger partial charge in [0.25, 0.3) is 0 Å². The van der Waals surface area contributed by atoms with Crippen molar-refractivity contribution < 1.29 is 23.1 Å². The quantitative estimate of drug-likeness (QED) is 0.833. The molecule has 2 rings (SSSR count). The summed E-state index contributed by atoms with van der Waals surface area (Å²) in [5, 5.41) is 8.70. The number of nitrogens with zero attached hydrogens (tertiary/aromatic N) is 2. The van der Waals surface area contributed by atoms with Crippen molar-refractivity contribution in [3.63, 3.8) is 0 Å². The number of benzene rings is 1. The lowest BCUT2D eigenvalue weighted by atomic mass is 10.2. The molecule has 0 fully saturated rings. The van der Waals surface area contributed by atoms with E-state index in [1.165, 1.54) is 18.2 Å². The van der Waals surface area contributed by atoms with Crippen LogP contribution in [0.15, 0.2) is 24.4 Å². The summed E-state index contributed by atoms with van der Waals surface area (Å²) < 4.78 is 37.0. The molecule has 7 heteroatoms. The molecule has 0 radical (unpaired) electrons. The molecule has 1 N–H and O–H groups in total. The number of hydrogen-bond acceptors (Lipinski definition) is 3. The highest BCUT2D eigenvalue weighted by molar-refractivity contribution is 5.92. The number of carboxylic acids is 1. The molecule has 0 aliphatic rings. The molecule has 88 valence electrons. The van der Waals surface area contributed by atoms with Crippen molar-refractivity contribution in [3.8, 4) is 0 Å². The fourth-order valence-electron chi connectivity index (χ4n) is 1.28. The third-order valence-electron chi connectivity index (χ3n) is 2.08. The Morgan fingerprint density at radius 3 is 2.53 bits per heavy atom. The molecule has 17 heavy (non-hydrogen) atoms. The van der Waals surface area contributed by atoms with Gasteiger partial charge in [-0.2, -0.15) is 13.2 Å². The number of aromatic carboxylic acids is 1. The summed E-state index contributed by atoms with van der Waals surface area (Å²) in [4.78, 5) is 17.6. The zero-order valence-corrected chi connectivity index (χ0v) is 8.19. The van der Waals surface area contributed by atoms with Crippen LogP contribution in [0.3, 0.4) is 0 Å². The van der Waals surface area contributed by atoms with E-state index >= 15 is 0 Å². The molecule has 0 unspecified atom stereocenters. The maximum absolute atomic E-state index is 12.3. The Morgan fingerprint density at radius 1 is 1.24 bits per heavy atom. The lowest BCUT2D eigenvalue weighted by Crippen LogP contribution is -2.08. The van der Waals surface area contributed by atoms with Gasteiger partial charge in [0.1, 0.15) is 0 Å². The Labute approximate surface area is 92.7 Å². The van der Waals surface area contributed by atoms with Gasteiger partial charge in [-0.1, -0.05) is 0 Å². The molecule has 0 aliphatic carbocycles. The third kappa shape index (κ3) is 2.17. The second kappa shape index (κ2) is 3.69. The summed E-state index contributed by atoms with van der Waals surface area (Å²) in [6.07, 6.45) is -3.99. The first-order valence-electron chi connectivity index (χ1n) is 4.45. The molecule has 0 amide bonds. The van der Waals surface area contributed by atoms with E-state index in [4.69, 9.17) is 5.11 Å². The molecule has 4 nitrogen and oxygen atoms in total. The summed E-state index contributed by atoms with van der Waals surface area (Å²) >= 11 is 0. The van der Waals surface area contributed by atoms with Crippen LogP contribution < -0.4 is 0 Å². The van der Waals surface area contributed by atoms with E-state index in [-0.39, 0.29) is 16.6 Å². The molecule has 0 atom stereocenters. The first-order valence-corrected chi connectivity index (χ1v) is 4.45. The SMILES string of the molecule is O=C(O)c1ccc2nc(C(F)(F)F)cnc2c1. The smallest absolute Gasteiger partial charge is 0.434 e. The number of halogens is 3. The van der Waals surface area contributed by atoms with Gasteiger partial charge in [-0.15, -0.1) is 0 Å². The fraction of sp³-hybridized carbons (Fsp3) is 0.100. The maximum Gasteiger partial charge on any atom is 0.434 e. The maximum atomic E-state index is 12.3. The van der Waals surface area contributed by atoms with Gasteiger partial charge in [0.05, 0.1) is 22.8 Å². The molecule has 0 spiro atoms. The minimum atomic E-state index is -4.56. The Balaban J connectivity index is 2.58. The number of alkyl halides is 3. The molecule has 1 aromatic heterocycles. The Kier molecular flexibility index (Phi) is 2.45. The van der Waals surface area contributed by atoms with Gasteiger partial charge in [0.2, 0.25) is 0 Å². The van der Waals surface area contributed by atoms with Crippen LogP contribution in [0.5, 0.6) is 0 Å². The van der Waals surface area contributed by atoms with Crippen molar-refractivity contribution in [2.75, 3.05) is 0 Å². The van der Waals surface area contributed by atoms with E-state index in [9.17, 15) is 18.0 Å². The predicted molar refractivity (Wildman–Crippen MR) is 51.5 cm³/mol. The average molecular weight is 242 g/mol. The fourth-order valence-corrected chi connectivity index (χ4v) is 1.28. The standard InChI is InChI=1S/C10H5F3N2O2/c11-10(12,13)8-4-14-7-3-5(9(16)17)1-2-6(7)15-8/h1-4H,(H,16,17). The molecule has 1 aromatic carbocycles. The van der Waals surface area contributed by atoms with Gasteiger partial charge in [0.15, 0.2) is 5.69 Å². The summed E-state index contributed by atoms with van der Waals surface area (Å²) in [7, 11) is 0. The number of fused-ring (bicyclic) bond motifs is 1. The highest BCUT2D eigenvalue weighted by atomic mass is 19.4. The molecule has 2 aromatic rings. The minimum Gasteiger partial charge on any atom is -0.478 e. The first kappa shape index (κ1) is 11.3. The predicted octanol–water partition coefficient (Wildman–Crippen LogP) is 2.35. The van der Waals surface area contributed by atoms with Crippen LogP contribution in [0.4, 0.5) is 13.2 Å². The second-order valence-corrected chi connectivity index (χ2v) is 3.26. The number of rotatable bonds is 1. The van der Waals surface area contributed by atoms with Crippen LogP contribution in [0.2, 0.25) is 0 Å². The lowest BCUT2D eigenvalue weighted by molar-refractivity contribution is -0.141.